The van der Waals surface area contributed by atoms with Crippen molar-refractivity contribution in [3.05, 3.63) is 16.1 Å². The van der Waals surface area contributed by atoms with E-state index in [1.807, 2.05) is 6.92 Å². The van der Waals surface area contributed by atoms with Crippen molar-refractivity contribution in [3.8, 4) is 0 Å². The molecular weight excluding hydrogens is 286 g/mol. The van der Waals surface area contributed by atoms with Gasteiger partial charge in [0.1, 0.15) is 0 Å². The van der Waals surface area contributed by atoms with Crippen molar-refractivity contribution < 1.29 is 9.90 Å². The summed E-state index contributed by atoms with van der Waals surface area (Å²) in [5.41, 5.74) is 1.04. The second-order valence-corrected chi connectivity index (χ2v) is 6.98. The van der Waals surface area contributed by atoms with Gasteiger partial charge in [-0.2, -0.15) is 0 Å². The van der Waals surface area contributed by atoms with Gasteiger partial charge in [0.15, 0.2) is 0 Å². The average Bonchev–Trinajstić information content (AvgIpc) is 2.91. The molecule has 21 heavy (non-hydrogen) atoms. The van der Waals surface area contributed by atoms with Gasteiger partial charge in [0, 0.05) is 37.4 Å². The second-order valence-electron chi connectivity index (χ2n) is 6.09. The third-order valence-corrected chi connectivity index (χ3v) is 5.12. The van der Waals surface area contributed by atoms with Gasteiger partial charge in [-0.05, 0) is 12.3 Å². The Kier molecular flexibility index (Phi) is 5.58. The molecule has 1 aliphatic heterocycles. The highest BCUT2D eigenvalue weighted by Crippen LogP contribution is 2.19. The molecule has 5 nitrogen and oxygen atoms in total. The number of rotatable bonds is 4. The minimum absolute atomic E-state index is 0.0831. The minimum Gasteiger partial charge on any atom is -0.391 e. The SMILES string of the molecule is CC(C)c1nc(CCNC(=O)N2CCC(C)C(O)C2)cs1. The number of aliphatic hydroxyl groups is 1. The minimum atomic E-state index is -0.406. The molecule has 0 bridgehead atoms. The number of nitrogens with zero attached hydrogens (tertiary/aromatic N) is 2. The number of hydrogen-bond donors (Lipinski definition) is 2. The fraction of sp³-hybridized carbons (Fsp3) is 0.733. The normalized spacial score (nSPS) is 22.6. The molecule has 0 spiro atoms. The molecule has 1 fully saturated rings. The van der Waals surface area contributed by atoms with Crippen molar-refractivity contribution in [1.29, 1.82) is 0 Å². The summed E-state index contributed by atoms with van der Waals surface area (Å²) >= 11 is 1.68. The first-order valence-electron chi connectivity index (χ1n) is 7.62. The Bertz CT molecular complexity index is 475. The Balaban J connectivity index is 1.74. The van der Waals surface area contributed by atoms with Crippen LogP contribution in [-0.2, 0) is 6.42 Å². The Morgan fingerprint density at radius 3 is 3.00 bits per heavy atom. The van der Waals surface area contributed by atoms with Gasteiger partial charge < -0.3 is 15.3 Å². The van der Waals surface area contributed by atoms with Gasteiger partial charge in [0.05, 0.1) is 16.8 Å². The van der Waals surface area contributed by atoms with Crippen LogP contribution < -0.4 is 5.32 Å². The summed E-state index contributed by atoms with van der Waals surface area (Å²) in [6.45, 7) is 8.02. The molecule has 0 saturated carbocycles. The van der Waals surface area contributed by atoms with Crippen molar-refractivity contribution in [2.75, 3.05) is 19.6 Å². The molecule has 2 unspecified atom stereocenters. The van der Waals surface area contributed by atoms with Crippen LogP contribution in [0.4, 0.5) is 4.79 Å². The largest absolute Gasteiger partial charge is 0.391 e. The van der Waals surface area contributed by atoms with Gasteiger partial charge >= 0.3 is 6.03 Å². The molecule has 6 heteroatoms. The zero-order chi connectivity index (χ0) is 15.4. The Hall–Kier alpha value is -1.14. The third kappa shape index (κ3) is 4.41. The number of urea groups is 1. The highest BCUT2D eigenvalue weighted by Gasteiger charge is 2.26. The van der Waals surface area contributed by atoms with Gasteiger partial charge in [-0.3, -0.25) is 0 Å². The van der Waals surface area contributed by atoms with Crippen molar-refractivity contribution in [2.45, 2.75) is 45.6 Å². The highest BCUT2D eigenvalue weighted by atomic mass is 32.1. The lowest BCUT2D eigenvalue weighted by Gasteiger charge is -2.34. The predicted molar refractivity (Wildman–Crippen MR) is 84.7 cm³/mol. The number of amides is 2. The first-order chi connectivity index (χ1) is 9.97. The number of hydrogen-bond acceptors (Lipinski definition) is 4. The number of nitrogens with one attached hydrogen (secondary N) is 1. The number of β-amino-alcohol motifs (C(OH)–C–C–N with tert-alkyl or cyclic N) is 1. The number of thiazole rings is 1. The zero-order valence-electron chi connectivity index (χ0n) is 13.0. The van der Waals surface area contributed by atoms with E-state index >= 15 is 0 Å². The Morgan fingerprint density at radius 2 is 2.38 bits per heavy atom. The number of likely N-dealkylation sites (tertiary alicyclic amines) is 1. The molecule has 118 valence electrons. The fourth-order valence-electron chi connectivity index (χ4n) is 2.35. The highest BCUT2D eigenvalue weighted by molar-refractivity contribution is 7.09. The van der Waals surface area contributed by atoms with E-state index in [1.54, 1.807) is 16.2 Å². The number of carbonyl (C=O) groups is 1. The number of piperidine rings is 1. The molecule has 0 aliphatic carbocycles. The Morgan fingerprint density at radius 1 is 1.62 bits per heavy atom. The van der Waals surface area contributed by atoms with Gasteiger partial charge in [0.25, 0.3) is 0 Å². The molecule has 1 aromatic heterocycles. The predicted octanol–water partition coefficient (Wildman–Crippen LogP) is 2.22. The summed E-state index contributed by atoms with van der Waals surface area (Å²) in [5, 5.41) is 15.9. The molecule has 2 rings (SSSR count). The second kappa shape index (κ2) is 7.22. The van der Waals surface area contributed by atoms with E-state index in [4.69, 9.17) is 0 Å². The van der Waals surface area contributed by atoms with Crippen LogP contribution in [0.15, 0.2) is 5.38 Å². The van der Waals surface area contributed by atoms with Crippen LogP contribution in [0, 0.1) is 5.92 Å². The van der Waals surface area contributed by atoms with Gasteiger partial charge in [0.2, 0.25) is 0 Å². The van der Waals surface area contributed by atoms with E-state index in [0.717, 1.165) is 30.1 Å². The zero-order valence-corrected chi connectivity index (χ0v) is 13.8. The van der Waals surface area contributed by atoms with Gasteiger partial charge in [-0.15, -0.1) is 11.3 Å². The van der Waals surface area contributed by atoms with Crippen molar-refractivity contribution in [3.63, 3.8) is 0 Å². The van der Waals surface area contributed by atoms with Crippen LogP contribution in [0.25, 0.3) is 0 Å². The van der Waals surface area contributed by atoms with Crippen molar-refractivity contribution in [1.82, 2.24) is 15.2 Å². The van der Waals surface area contributed by atoms with E-state index in [2.05, 4.69) is 29.5 Å². The number of aromatic nitrogens is 1. The maximum absolute atomic E-state index is 12.0. The van der Waals surface area contributed by atoms with Crippen LogP contribution in [-0.4, -0.2) is 46.8 Å². The van der Waals surface area contributed by atoms with Crippen LogP contribution in [0.3, 0.4) is 0 Å². The molecule has 0 aromatic carbocycles. The van der Waals surface area contributed by atoms with E-state index in [9.17, 15) is 9.90 Å². The summed E-state index contributed by atoms with van der Waals surface area (Å²) in [7, 11) is 0. The lowest BCUT2D eigenvalue weighted by Crippen LogP contribution is -2.49. The summed E-state index contributed by atoms with van der Waals surface area (Å²) in [5.74, 6) is 0.730. The molecule has 2 N–H and O–H groups in total. The molecule has 2 heterocycles. The van der Waals surface area contributed by atoms with E-state index in [-0.39, 0.29) is 11.9 Å². The van der Waals surface area contributed by atoms with Gasteiger partial charge in [-0.1, -0.05) is 20.8 Å². The molecule has 1 aromatic rings. The van der Waals surface area contributed by atoms with Gasteiger partial charge in [-0.25, -0.2) is 9.78 Å². The first kappa shape index (κ1) is 16.2. The smallest absolute Gasteiger partial charge is 0.317 e. The van der Waals surface area contributed by atoms with E-state index in [0.29, 0.717) is 19.0 Å². The lowest BCUT2D eigenvalue weighted by atomic mass is 9.96. The van der Waals surface area contributed by atoms with Crippen LogP contribution in [0.1, 0.15) is 43.8 Å². The summed E-state index contributed by atoms with van der Waals surface area (Å²) in [6, 6.07) is -0.0831. The summed E-state index contributed by atoms with van der Waals surface area (Å²) in [4.78, 5) is 18.3. The monoisotopic (exact) mass is 311 g/mol. The molecule has 0 radical (unpaired) electrons. The lowest BCUT2D eigenvalue weighted by molar-refractivity contribution is 0.0436. The molecular formula is C15H25N3O2S. The quantitative estimate of drug-likeness (QED) is 0.896. The molecule has 2 amide bonds. The average molecular weight is 311 g/mol. The van der Waals surface area contributed by atoms with E-state index in [1.165, 1.54) is 0 Å². The summed E-state index contributed by atoms with van der Waals surface area (Å²) < 4.78 is 0. The fourth-order valence-corrected chi connectivity index (χ4v) is 3.21. The van der Waals surface area contributed by atoms with Crippen LogP contribution in [0.5, 0.6) is 0 Å². The maximum atomic E-state index is 12.0. The standard InChI is InChI=1S/C15H25N3O2S/c1-10(2)14-17-12(9-21-14)4-6-16-15(20)18-7-5-11(3)13(19)8-18/h9-11,13,19H,4-8H2,1-3H3,(H,16,20). The van der Waals surface area contributed by atoms with Crippen LogP contribution in [0.2, 0.25) is 0 Å². The summed E-state index contributed by atoms with van der Waals surface area (Å²) in [6.07, 6.45) is 1.21. The molecule has 1 aliphatic rings. The molecule has 2 atom stereocenters. The van der Waals surface area contributed by atoms with Crippen LogP contribution >= 0.6 is 11.3 Å². The van der Waals surface area contributed by atoms with Crippen molar-refractivity contribution in [2.24, 2.45) is 5.92 Å². The maximum Gasteiger partial charge on any atom is 0.317 e. The Labute approximate surface area is 130 Å². The molecule has 1 saturated heterocycles. The topological polar surface area (TPSA) is 65.5 Å². The number of carbonyl (C=O) groups excluding carboxylic acids is 1. The number of aliphatic hydroxyl groups excluding tert-OH is 1. The van der Waals surface area contributed by atoms with E-state index < -0.39 is 6.10 Å². The third-order valence-electron chi connectivity index (χ3n) is 3.93. The first-order valence-corrected chi connectivity index (χ1v) is 8.50. The van der Waals surface area contributed by atoms with Crippen molar-refractivity contribution >= 4 is 17.4 Å².